The first-order valence-corrected chi connectivity index (χ1v) is 5.22. The van der Waals surface area contributed by atoms with Crippen LogP contribution in [0, 0.1) is 0 Å². The fourth-order valence-electron chi connectivity index (χ4n) is 1.04. The van der Waals surface area contributed by atoms with Gasteiger partial charge in [-0.3, -0.25) is 4.79 Å². The average molecular weight is 217 g/mol. The van der Waals surface area contributed by atoms with Crippen LogP contribution in [0.5, 0.6) is 0 Å². The third kappa shape index (κ3) is 8.39. The summed E-state index contributed by atoms with van der Waals surface area (Å²) >= 11 is 0. The minimum absolute atomic E-state index is 0.0539. The monoisotopic (exact) mass is 217 g/mol. The summed E-state index contributed by atoms with van der Waals surface area (Å²) in [5.74, 6) is -0.150. The maximum absolute atomic E-state index is 11.5. The van der Waals surface area contributed by atoms with Crippen LogP contribution < -0.4 is 5.32 Å². The Labute approximate surface area is 92.0 Å². The van der Waals surface area contributed by atoms with Crippen LogP contribution in [0.4, 0.5) is 0 Å². The van der Waals surface area contributed by atoms with Gasteiger partial charge in [0.25, 0.3) is 0 Å². The SMILES string of the molecule is CC(C)(CCO)NC(=O)COC(C)(C)C. The summed E-state index contributed by atoms with van der Waals surface area (Å²) in [6, 6.07) is 0. The van der Waals surface area contributed by atoms with Gasteiger partial charge >= 0.3 is 0 Å². The van der Waals surface area contributed by atoms with Crippen LogP contribution in [-0.2, 0) is 9.53 Å². The van der Waals surface area contributed by atoms with E-state index in [9.17, 15) is 4.79 Å². The zero-order valence-corrected chi connectivity index (χ0v) is 10.4. The molecule has 0 bridgehead atoms. The quantitative estimate of drug-likeness (QED) is 0.724. The van der Waals surface area contributed by atoms with Crippen molar-refractivity contribution in [2.24, 2.45) is 0 Å². The molecule has 0 heterocycles. The van der Waals surface area contributed by atoms with Crippen LogP contribution >= 0.6 is 0 Å². The van der Waals surface area contributed by atoms with Crippen molar-refractivity contribution in [3.05, 3.63) is 0 Å². The van der Waals surface area contributed by atoms with Gasteiger partial charge in [0.15, 0.2) is 0 Å². The van der Waals surface area contributed by atoms with E-state index in [0.717, 1.165) is 0 Å². The lowest BCUT2D eigenvalue weighted by Crippen LogP contribution is -2.46. The molecular weight excluding hydrogens is 194 g/mol. The van der Waals surface area contributed by atoms with E-state index in [4.69, 9.17) is 9.84 Å². The molecule has 0 aliphatic rings. The Morgan fingerprint density at radius 2 is 1.80 bits per heavy atom. The standard InChI is InChI=1S/C11H23NO3/c1-10(2,3)15-8-9(14)12-11(4,5)6-7-13/h13H,6-8H2,1-5H3,(H,12,14). The van der Waals surface area contributed by atoms with Gasteiger partial charge in [-0.15, -0.1) is 0 Å². The predicted molar refractivity (Wildman–Crippen MR) is 59.6 cm³/mol. The van der Waals surface area contributed by atoms with Crippen molar-refractivity contribution in [3.63, 3.8) is 0 Å². The summed E-state index contributed by atoms with van der Waals surface area (Å²) in [6.07, 6.45) is 0.536. The number of hydrogen-bond acceptors (Lipinski definition) is 3. The fourth-order valence-corrected chi connectivity index (χ4v) is 1.04. The Balaban J connectivity index is 3.93. The second-order valence-electron chi connectivity index (χ2n) is 5.31. The molecule has 0 fully saturated rings. The van der Waals surface area contributed by atoms with Crippen molar-refractivity contribution >= 4 is 5.91 Å². The summed E-state index contributed by atoms with van der Waals surface area (Å²) in [4.78, 5) is 11.5. The molecule has 0 aliphatic heterocycles. The molecule has 0 radical (unpaired) electrons. The number of rotatable bonds is 5. The fraction of sp³-hybridized carbons (Fsp3) is 0.909. The Morgan fingerprint density at radius 1 is 1.27 bits per heavy atom. The number of ether oxygens (including phenoxy) is 1. The summed E-state index contributed by atoms with van der Waals surface area (Å²) in [5, 5.41) is 11.6. The zero-order valence-electron chi connectivity index (χ0n) is 10.4. The zero-order chi connectivity index (χ0) is 12.1. The van der Waals surface area contributed by atoms with Crippen molar-refractivity contribution in [1.82, 2.24) is 5.32 Å². The number of aliphatic hydroxyl groups is 1. The Hall–Kier alpha value is -0.610. The van der Waals surface area contributed by atoms with E-state index in [0.29, 0.717) is 6.42 Å². The topological polar surface area (TPSA) is 58.6 Å². The second kappa shape index (κ2) is 5.47. The minimum Gasteiger partial charge on any atom is -0.396 e. The van der Waals surface area contributed by atoms with E-state index in [1.54, 1.807) is 0 Å². The molecule has 15 heavy (non-hydrogen) atoms. The molecule has 0 aromatic rings. The minimum atomic E-state index is -0.382. The van der Waals surface area contributed by atoms with E-state index in [1.165, 1.54) is 0 Å². The molecule has 0 saturated heterocycles. The van der Waals surface area contributed by atoms with Crippen molar-refractivity contribution in [3.8, 4) is 0 Å². The van der Waals surface area contributed by atoms with Crippen molar-refractivity contribution < 1.29 is 14.6 Å². The first kappa shape index (κ1) is 14.4. The Morgan fingerprint density at radius 3 is 2.20 bits per heavy atom. The van der Waals surface area contributed by atoms with Gasteiger partial charge < -0.3 is 15.2 Å². The van der Waals surface area contributed by atoms with Crippen molar-refractivity contribution in [2.45, 2.75) is 52.2 Å². The second-order valence-corrected chi connectivity index (χ2v) is 5.31. The molecule has 90 valence electrons. The van der Waals surface area contributed by atoms with E-state index in [2.05, 4.69) is 5.32 Å². The molecule has 0 aromatic heterocycles. The Bertz CT molecular complexity index is 206. The van der Waals surface area contributed by atoms with E-state index in [-0.39, 0.29) is 30.3 Å². The molecule has 2 N–H and O–H groups in total. The highest BCUT2D eigenvalue weighted by Gasteiger charge is 2.21. The van der Waals surface area contributed by atoms with E-state index < -0.39 is 0 Å². The lowest BCUT2D eigenvalue weighted by Gasteiger charge is -2.26. The van der Waals surface area contributed by atoms with Gasteiger partial charge in [-0.25, -0.2) is 0 Å². The van der Waals surface area contributed by atoms with Crippen LogP contribution in [0.3, 0.4) is 0 Å². The molecule has 0 saturated carbocycles. The first-order valence-electron chi connectivity index (χ1n) is 5.22. The molecule has 4 heteroatoms. The summed E-state index contributed by atoms with van der Waals surface area (Å²) < 4.78 is 5.34. The van der Waals surface area contributed by atoms with Gasteiger partial charge in [-0.05, 0) is 41.0 Å². The number of hydrogen-bond donors (Lipinski definition) is 2. The van der Waals surface area contributed by atoms with E-state index >= 15 is 0 Å². The molecule has 1 amide bonds. The summed E-state index contributed by atoms with van der Waals surface area (Å²) in [7, 11) is 0. The molecule has 0 atom stereocenters. The van der Waals surface area contributed by atoms with Gasteiger partial charge in [0, 0.05) is 12.1 Å². The lowest BCUT2D eigenvalue weighted by molar-refractivity contribution is -0.132. The van der Waals surface area contributed by atoms with Gasteiger partial charge in [0.2, 0.25) is 5.91 Å². The molecule has 0 rings (SSSR count). The maximum atomic E-state index is 11.5. The Kier molecular flexibility index (Phi) is 5.24. The van der Waals surface area contributed by atoms with Crippen LogP contribution in [0.1, 0.15) is 41.0 Å². The van der Waals surface area contributed by atoms with Gasteiger partial charge in [0.1, 0.15) is 6.61 Å². The molecular formula is C11H23NO3. The van der Waals surface area contributed by atoms with Gasteiger partial charge in [-0.1, -0.05) is 0 Å². The number of carbonyl (C=O) groups excluding carboxylic acids is 1. The predicted octanol–water partition coefficient (Wildman–Crippen LogP) is 1.08. The normalized spacial score (nSPS) is 12.7. The summed E-state index contributed by atoms with van der Waals surface area (Å²) in [6.45, 7) is 9.57. The highest BCUT2D eigenvalue weighted by atomic mass is 16.5. The highest BCUT2D eigenvalue weighted by Crippen LogP contribution is 2.09. The average Bonchev–Trinajstić information content (AvgIpc) is 1.98. The third-order valence-corrected chi connectivity index (χ3v) is 1.85. The van der Waals surface area contributed by atoms with Crippen molar-refractivity contribution in [1.29, 1.82) is 0 Å². The van der Waals surface area contributed by atoms with Gasteiger partial charge in [0.05, 0.1) is 5.60 Å². The summed E-state index contributed by atoms with van der Waals surface area (Å²) in [5.41, 5.74) is -0.689. The van der Waals surface area contributed by atoms with Crippen LogP contribution in [0.2, 0.25) is 0 Å². The molecule has 0 spiro atoms. The largest absolute Gasteiger partial charge is 0.396 e. The van der Waals surface area contributed by atoms with Gasteiger partial charge in [-0.2, -0.15) is 0 Å². The number of carbonyl (C=O) groups is 1. The number of amides is 1. The first-order chi connectivity index (χ1) is 6.66. The number of nitrogens with one attached hydrogen (secondary N) is 1. The molecule has 0 aliphatic carbocycles. The molecule has 0 unspecified atom stereocenters. The lowest BCUT2D eigenvalue weighted by atomic mass is 10.0. The maximum Gasteiger partial charge on any atom is 0.246 e. The highest BCUT2D eigenvalue weighted by molar-refractivity contribution is 5.77. The number of aliphatic hydroxyl groups excluding tert-OH is 1. The van der Waals surface area contributed by atoms with Crippen LogP contribution in [0.25, 0.3) is 0 Å². The third-order valence-electron chi connectivity index (χ3n) is 1.85. The molecule has 0 aromatic carbocycles. The smallest absolute Gasteiger partial charge is 0.246 e. The van der Waals surface area contributed by atoms with E-state index in [1.807, 2.05) is 34.6 Å². The van der Waals surface area contributed by atoms with Crippen molar-refractivity contribution in [2.75, 3.05) is 13.2 Å². The molecule has 4 nitrogen and oxygen atoms in total. The van der Waals surface area contributed by atoms with Crippen LogP contribution in [0.15, 0.2) is 0 Å². The van der Waals surface area contributed by atoms with Crippen LogP contribution in [-0.4, -0.2) is 35.4 Å².